The van der Waals surface area contributed by atoms with Crippen molar-refractivity contribution >= 4 is 11.6 Å². The summed E-state index contributed by atoms with van der Waals surface area (Å²) in [6.07, 6.45) is 2.04. The lowest BCUT2D eigenvalue weighted by Gasteiger charge is -2.25. The Bertz CT molecular complexity index is 756. The van der Waals surface area contributed by atoms with Crippen LogP contribution in [0.5, 0.6) is 11.5 Å². The summed E-state index contributed by atoms with van der Waals surface area (Å²) < 4.78 is 23.8. The van der Waals surface area contributed by atoms with Gasteiger partial charge in [-0.2, -0.15) is 0 Å². The van der Waals surface area contributed by atoms with Gasteiger partial charge in [0.1, 0.15) is 5.82 Å². The molecule has 0 saturated heterocycles. The molecule has 1 aliphatic rings. The van der Waals surface area contributed by atoms with E-state index in [1.807, 2.05) is 6.07 Å². The highest BCUT2D eigenvalue weighted by Crippen LogP contribution is 2.44. The average Bonchev–Trinajstić information content (AvgIpc) is 3.47. The van der Waals surface area contributed by atoms with E-state index in [1.165, 1.54) is 12.1 Å². The first kappa shape index (κ1) is 17.3. The van der Waals surface area contributed by atoms with Gasteiger partial charge in [-0.15, -0.1) is 0 Å². The molecule has 5 heteroatoms. The predicted molar refractivity (Wildman–Crippen MR) is 94.8 cm³/mol. The highest BCUT2D eigenvalue weighted by molar-refractivity contribution is 5.98. The van der Waals surface area contributed by atoms with E-state index in [2.05, 4.69) is 0 Å². The number of benzene rings is 2. The van der Waals surface area contributed by atoms with Gasteiger partial charge in [0, 0.05) is 18.8 Å². The first-order valence-electron chi connectivity index (χ1n) is 8.30. The molecule has 1 amide bonds. The fourth-order valence-corrected chi connectivity index (χ4v) is 3.09. The first-order chi connectivity index (χ1) is 12.0. The van der Waals surface area contributed by atoms with Gasteiger partial charge >= 0.3 is 0 Å². The third-order valence-corrected chi connectivity index (χ3v) is 4.67. The molecule has 2 aromatic carbocycles. The fourth-order valence-electron chi connectivity index (χ4n) is 3.09. The van der Waals surface area contributed by atoms with Crippen molar-refractivity contribution in [2.75, 3.05) is 26.2 Å². The largest absolute Gasteiger partial charge is 0.493 e. The third-order valence-electron chi connectivity index (χ3n) is 4.67. The number of amides is 1. The summed E-state index contributed by atoms with van der Waals surface area (Å²) in [6, 6.07) is 11.6. The number of carbonyl (C=O) groups excluding carboxylic acids is 1. The molecule has 3 rings (SSSR count). The number of halogens is 1. The lowest BCUT2D eigenvalue weighted by molar-refractivity contribution is -0.120. The molecule has 1 atom stereocenters. The van der Waals surface area contributed by atoms with E-state index < -0.39 is 0 Å². The summed E-state index contributed by atoms with van der Waals surface area (Å²) in [5.41, 5.74) is 1.59. The molecule has 0 heterocycles. The number of nitrogens with zero attached hydrogens (tertiary/aromatic N) is 1. The summed E-state index contributed by atoms with van der Waals surface area (Å²) >= 11 is 0. The van der Waals surface area contributed by atoms with Crippen LogP contribution in [0.1, 0.15) is 24.3 Å². The number of carbonyl (C=O) groups is 1. The molecule has 1 fully saturated rings. The highest BCUT2D eigenvalue weighted by atomic mass is 19.1. The molecule has 1 unspecified atom stereocenters. The topological polar surface area (TPSA) is 38.8 Å². The minimum Gasteiger partial charge on any atom is -0.493 e. The van der Waals surface area contributed by atoms with Gasteiger partial charge in [-0.3, -0.25) is 4.79 Å². The summed E-state index contributed by atoms with van der Waals surface area (Å²) in [5, 5.41) is 0. The monoisotopic (exact) mass is 343 g/mol. The maximum atomic E-state index is 13.2. The number of methoxy groups -OCH3 is 2. The molecule has 25 heavy (non-hydrogen) atoms. The summed E-state index contributed by atoms with van der Waals surface area (Å²) in [4.78, 5) is 14.8. The molecule has 2 aromatic rings. The van der Waals surface area contributed by atoms with Crippen LogP contribution < -0.4 is 14.4 Å². The fraction of sp³-hybridized carbons (Fsp3) is 0.350. The zero-order chi connectivity index (χ0) is 18.0. The molecular formula is C20H22FNO3. The standard InChI is InChI=1S/C20H22FNO3/c1-22(16-10-11-17(24-2)18(12-16)25-3)20(23)19(13-4-5-13)14-6-8-15(21)9-7-14/h6-13,19H,4-5H2,1-3H3. The van der Waals surface area contributed by atoms with Crippen molar-refractivity contribution in [1.29, 1.82) is 0 Å². The van der Waals surface area contributed by atoms with Crippen LogP contribution in [0.3, 0.4) is 0 Å². The number of likely N-dealkylation sites (N-methyl/N-ethyl adjacent to an activating group) is 1. The van der Waals surface area contributed by atoms with Crippen LogP contribution >= 0.6 is 0 Å². The van der Waals surface area contributed by atoms with E-state index in [0.29, 0.717) is 17.4 Å². The Morgan fingerprint density at radius 2 is 1.72 bits per heavy atom. The lowest BCUT2D eigenvalue weighted by atomic mass is 9.92. The van der Waals surface area contributed by atoms with Crippen molar-refractivity contribution in [3.63, 3.8) is 0 Å². The number of hydrogen-bond donors (Lipinski definition) is 0. The smallest absolute Gasteiger partial charge is 0.234 e. The first-order valence-corrected chi connectivity index (χ1v) is 8.30. The molecule has 1 saturated carbocycles. The van der Waals surface area contributed by atoms with E-state index in [9.17, 15) is 9.18 Å². The van der Waals surface area contributed by atoms with Gasteiger partial charge in [0.05, 0.1) is 20.1 Å². The third kappa shape index (κ3) is 3.60. The molecule has 4 nitrogen and oxygen atoms in total. The Hall–Kier alpha value is -2.56. The zero-order valence-corrected chi connectivity index (χ0v) is 14.7. The lowest BCUT2D eigenvalue weighted by Crippen LogP contribution is -2.32. The molecule has 1 aliphatic carbocycles. The predicted octanol–water partition coefficient (Wildman–Crippen LogP) is 4.00. The van der Waals surface area contributed by atoms with Crippen LogP contribution in [-0.2, 0) is 4.79 Å². The van der Waals surface area contributed by atoms with Gasteiger partial charge in [-0.25, -0.2) is 4.39 Å². The molecule has 0 spiro atoms. The van der Waals surface area contributed by atoms with Crippen molar-refractivity contribution in [2.45, 2.75) is 18.8 Å². The average molecular weight is 343 g/mol. The minimum atomic E-state index is -0.293. The Kier molecular flexibility index (Phi) is 4.93. The molecule has 0 bridgehead atoms. The van der Waals surface area contributed by atoms with E-state index in [0.717, 1.165) is 24.1 Å². The van der Waals surface area contributed by atoms with Crippen molar-refractivity contribution in [1.82, 2.24) is 0 Å². The Balaban J connectivity index is 1.88. The van der Waals surface area contributed by atoms with Crippen LogP contribution in [0.15, 0.2) is 42.5 Å². The molecule has 0 N–H and O–H groups in total. The minimum absolute atomic E-state index is 0.00123. The quantitative estimate of drug-likeness (QED) is 0.796. The van der Waals surface area contributed by atoms with Gasteiger partial charge in [-0.1, -0.05) is 12.1 Å². The maximum Gasteiger partial charge on any atom is 0.234 e. The van der Waals surface area contributed by atoms with Gasteiger partial charge in [0.2, 0.25) is 5.91 Å². The van der Waals surface area contributed by atoms with Crippen LogP contribution in [0, 0.1) is 11.7 Å². The second kappa shape index (κ2) is 7.13. The second-order valence-electron chi connectivity index (χ2n) is 6.30. The summed E-state index contributed by atoms with van der Waals surface area (Å²) in [6.45, 7) is 0. The number of ether oxygens (including phenoxy) is 2. The van der Waals surface area contributed by atoms with E-state index in [1.54, 1.807) is 50.4 Å². The van der Waals surface area contributed by atoms with Crippen molar-refractivity contribution in [2.24, 2.45) is 5.92 Å². The highest BCUT2D eigenvalue weighted by Gasteiger charge is 2.39. The molecule has 0 aliphatic heterocycles. The van der Waals surface area contributed by atoms with Gasteiger partial charge in [0.25, 0.3) is 0 Å². The summed E-state index contributed by atoms with van der Waals surface area (Å²) in [7, 11) is 4.89. The van der Waals surface area contributed by atoms with Crippen LogP contribution in [0.4, 0.5) is 10.1 Å². The van der Waals surface area contributed by atoms with Crippen molar-refractivity contribution < 1.29 is 18.7 Å². The SMILES string of the molecule is COc1ccc(N(C)C(=O)C(c2ccc(F)cc2)C2CC2)cc1OC. The molecule has 132 valence electrons. The Morgan fingerprint density at radius 3 is 2.28 bits per heavy atom. The van der Waals surface area contributed by atoms with E-state index in [4.69, 9.17) is 9.47 Å². The van der Waals surface area contributed by atoms with Crippen molar-refractivity contribution in [3.8, 4) is 11.5 Å². The van der Waals surface area contributed by atoms with Gasteiger partial charge < -0.3 is 14.4 Å². The second-order valence-corrected chi connectivity index (χ2v) is 6.30. The maximum absolute atomic E-state index is 13.2. The van der Waals surface area contributed by atoms with Crippen LogP contribution in [0.2, 0.25) is 0 Å². The Morgan fingerprint density at radius 1 is 1.08 bits per heavy atom. The van der Waals surface area contributed by atoms with Crippen molar-refractivity contribution in [3.05, 3.63) is 53.8 Å². The molecule has 0 radical (unpaired) electrons. The number of hydrogen-bond acceptors (Lipinski definition) is 3. The number of anilines is 1. The number of rotatable bonds is 6. The molecule has 0 aromatic heterocycles. The zero-order valence-electron chi connectivity index (χ0n) is 14.7. The van der Waals surface area contributed by atoms with Crippen LogP contribution in [0.25, 0.3) is 0 Å². The van der Waals surface area contributed by atoms with E-state index >= 15 is 0 Å². The summed E-state index contributed by atoms with van der Waals surface area (Å²) in [5.74, 6) is 0.966. The van der Waals surface area contributed by atoms with Gasteiger partial charge in [0.15, 0.2) is 11.5 Å². The normalized spacial score (nSPS) is 14.7. The Labute approximate surface area is 147 Å². The molecular weight excluding hydrogens is 321 g/mol. The van der Waals surface area contributed by atoms with Crippen LogP contribution in [-0.4, -0.2) is 27.2 Å². The van der Waals surface area contributed by atoms with E-state index in [-0.39, 0.29) is 17.6 Å². The van der Waals surface area contributed by atoms with Gasteiger partial charge in [-0.05, 0) is 48.6 Å².